The third-order valence-electron chi connectivity index (χ3n) is 2.84. The summed E-state index contributed by atoms with van der Waals surface area (Å²) in [6.07, 6.45) is 0.520. The van der Waals surface area contributed by atoms with Crippen LogP contribution in [-0.2, 0) is 19.4 Å². The van der Waals surface area contributed by atoms with E-state index in [9.17, 15) is 18.0 Å². The summed E-state index contributed by atoms with van der Waals surface area (Å²) in [5, 5.41) is 8.61. The highest BCUT2D eigenvalue weighted by molar-refractivity contribution is 7.91. The maximum atomic E-state index is 11.7. The van der Waals surface area contributed by atoms with Crippen molar-refractivity contribution in [2.24, 2.45) is 0 Å². The van der Waals surface area contributed by atoms with Crippen molar-refractivity contribution >= 4 is 21.7 Å². The number of sulfone groups is 1. The van der Waals surface area contributed by atoms with Crippen LogP contribution < -0.4 is 0 Å². The molecule has 6 nitrogen and oxygen atoms in total. The first kappa shape index (κ1) is 14.0. The van der Waals surface area contributed by atoms with Crippen molar-refractivity contribution in [2.75, 3.05) is 18.1 Å². The summed E-state index contributed by atoms with van der Waals surface area (Å²) in [5.74, 6) is -1.13. The van der Waals surface area contributed by atoms with Gasteiger partial charge in [0, 0.05) is 19.0 Å². The molecule has 7 heteroatoms. The van der Waals surface area contributed by atoms with Gasteiger partial charge in [-0.15, -0.1) is 0 Å². The Balaban J connectivity index is 2.70. The van der Waals surface area contributed by atoms with Crippen LogP contribution in [0.25, 0.3) is 0 Å². The second-order valence-corrected chi connectivity index (χ2v) is 6.37. The quantitative estimate of drug-likeness (QED) is 0.747. The zero-order valence-electron chi connectivity index (χ0n) is 9.76. The van der Waals surface area contributed by atoms with Gasteiger partial charge in [-0.05, 0) is 6.42 Å². The number of hydrogen-bond donors (Lipinski definition) is 1. The van der Waals surface area contributed by atoms with E-state index in [0.717, 1.165) is 0 Å². The van der Waals surface area contributed by atoms with E-state index in [1.54, 1.807) is 6.92 Å². The van der Waals surface area contributed by atoms with Crippen LogP contribution in [0.5, 0.6) is 0 Å². The molecule has 1 rings (SSSR count). The fourth-order valence-corrected chi connectivity index (χ4v) is 3.68. The molecule has 0 aliphatic carbocycles. The van der Waals surface area contributed by atoms with Gasteiger partial charge in [0.15, 0.2) is 9.84 Å². The number of carboxylic acid groups (broad SMARTS) is 1. The fraction of sp³-hybridized carbons (Fsp3) is 0.800. The SMILES string of the molecule is CCC(=O)N(CCC(=O)O)[C@H]1CCS(=O)(=O)C1. The summed E-state index contributed by atoms with van der Waals surface area (Å²) in [6.45, 7) is 1.77. The van der Waals surface area contributed by atoms with Crippen molar-refractivity contribution in [3.8, 4) is 0 Å². The highest BCUT2D eigenvalue weighted by atomic mass is 32.2. The summed E-state index contributed by atoms with van der Waals surface area (Å²) < 4.78 is 22.7. The van der Waals surface area contributed by atoms with E-state index >= 15 is 0 Å². The Bertz CT molecular complexity index is 403. The molecule has 1 heterocycles. The third kappa shape index (κ3) is 3.99. The molecule has 1 N–H and O–H groups in total. The lowest BCUT2D eigenvalue weighted by molar-refractivity contribution is -0.139. The van der Waals surface area contributed by atoms with Crippen molar-refractivity contribution in [1.29, 1.82) is 0 Å². The molecule has 98 valence electrons. The van der Waals surface area contributed by atoms with Crippen LogP contribution >= 0.6 is 0 Å². The molecule has 1 fully saturated rings. The lowest BCUT2D eigenvalue weighted by Gasteiger charge is -2.27. The highest BCUT2D eigenvalue weighted by Gasteiger charge is 2.34. The average molecular weight is 263 g/mol. The molecule has 17 heavy (non-hydrogen) atoms. The maximum absolute atomic E-state index is 11.7. The molecular formula is C10H17NO5S. The molecule has 0 spiro atoms. The van der Waals surface area contributed by atoms with E-state index in [1.807, 2.05) is 0 Å². The first-order chi connectivity index (χ1) is 7.85. The van der Waals surface area contributed by atoms with E-state index in [-0.39, 0.29) is 42.8 Å². The Kier molecular flexibility index (Phi) is 4.50. The summed E-state index contributed by atoms with van der Waals surface area (Å²) in [7, 11) is -3.06. The van der Waals surface area contributed by atoms with Crippen LogP contribution in [-0.4, -0.2) is 54.4 Å². The van der Waals surface area contributed by atoms with Gasteiger partial charge in [0.25, 0.3) is 0 Å². The van der Waals surface area contributed by atoms with Crippen LogP contribution in [0.2, 0.25) is 0 Å². The molecule has 1 saturated heterocycles. The minimum Gasteiger partial charge on any atom is -0.481 e. The molecule has 0 aromatic rings. The number of hydrogen-bond acceptors (Lipinski definition) is 4. The summed E-state index contributed by atoms with van der Waals surface area (Å²) in [6, 6.07) is -0.355. The van der Waals surface area contributed by atoms with Crippen molar-refractivity contribution in [2.45, 2.75) is 32.2 Å². The topological polar surface area (TPSA) is 91.8 Å². The Morgan fingerprint density at radius 2 is 2.06 bits per heavy atom. The van der Waals surface area contributed by atoms with E-state index in [0.29, 0.717) is 6.42 Å². The minimum atomic E-state index is -3.06. The summed E-state index contributed by atoms with van der Waals surface area (Å²) in [4.78, 5) is 23.6. The van der Waals surface area contributed by atoms with Gasteiger partial charge in [-0.2, -0.15) is 0 Å². The largest absolute Gasteiger partial charge is 0.481 e. The smallest absolute Gasteiger partial charge is 0.305 e. The summed E-state index contributed by atoms with van der Waals surface area (Å²) in [5.41, 5.74) is 0. The Hall–Kier alpha value is -1.11. The van der Waals surface area contributed by atoms with Gasteiger partial charge in [-0.1, -0.05) is 6.92 Å². The second kappa shape index (κ2) is 5.48. The molecule has 0 unspecified atom stereocenters. The van der Waals surface area contributed by atoms with Gasteiger partial charge < -0.3 is 10.0 Å². The maximum Gasteiger partial charge on any atom is 0.305 e. The second-order valence-electron chi connectivity index (χ2n) is 4.14. The predicted molar refractivity (Wildman–Crippen MR) is 61.3 cm³/mol. The first-order valence-electron chi connectivity index (χ1n) is 5.57. The lowest BCUT2D eigenvalue weighted by Crippen LogP contribution is -2.42. The highest BCUT2D eigenvalue weighted by Crippen LogP contribution is 2.18. The van der Waals surface area contributed by atoms with Crippen LogP contribution in [0.4, 0.5) is 0 Å². The molecule has 1 amide bonds. The third-order valence-corrected chi connectivity index (χ3v) is 4.59. The van der Waals surface area contributed by atoms with E-state index < -0.39 is 15.8 Å². The zero-order valence-corrected chi connectivity index (χ0v) is 10.6. The number of carboxylic acids is 1. The normalized spacial score (nSPS) is 22.3. The number of rotatable bonds is 5. The van der Waals surface area contributed by atoms with Gasteiger partial charge >= 0.3 is 5.97 Å². The van der Waals surface area contributed by atoms with Gasteiger partial charge in [-0.25, -0.2) is 8.42 Å². The Labute approximate surface area is 101 Å². The van der Waals surface area contributed by atoms with Crippen molar-refractivity contribution in [3.63, 3.8) is 0 Å². The van der Waals surface area contributed by atoms with E-state index in [1.165, 1.54) is 4.90 Å². The van der Waals surface area contributed by atoms with Crippen molar-refractivity contribution in [1.82, 2.24) is 4.90 Å². The first-order valence-corrected chi connectivity index (χ1v) is 7.39. The number of carbonyl (C=O) groups excluding carboxylic acids is 1. The number of carbonyl (C=O) groups is 2. The van der Waals surface area contributed by atoms with Crippen LogP contribution in [0.15, 0.2) is 0 Å². The molecule has 1 aliphatic rings. The van der Waals surface area contributed by atoms with Crippen LogP contribution in [0.1, 0.15) is 26.2 Å². The number of amides is 1. The van der Waals surface area contributed by atoms with Crippen LogP contribution in [0, 0.1) is 0 Å². The molecule has 1 aliphatic heterocycles. The zero-order chi connectivity index (χ0) is 13.1. The van der Waals surface area contributed by atoms with Crippen molar-refractivity contribution in [3.05, 3.63) is 0 Å². The Morgan fingerprint density at radius 1 is 1.41 bits per heavy atom. The molecule has 1 atom stereocenters. The van der Waals surface area contributed by atoms with Crippen LogP contribution in [0.3, 0.4) is 0 Å². The van der Waals surface area contributed by atoms with Gasteiger partial charge in [0.1, 0.15) is 0 Å². The molecular weight excluding hydrogens is 246 g/mol. The molecule has 0 aromatic carbocycles. The monoisotopic (exact) mass is 263 g/mol. The van der Waals surface area contributed by atoms with Crippen molar-refractivity contribution < 1.29 is 23.1 Å². The predicted octanol–water partition coefficient (Wildman–Crippen LogP) is -0.113. The fourth-order valence-electron chi connectivity index (χ4n) is 1.95. The van der Waals surface area contributed by atoms with E-state index in [4.69, 9.17) is 5.11 Å². The Morgan fingerprint density at radius 3 is 2.47 bits per heavy atom. The van der Waals surface area contributed by atoms with E-state index in [2.05, 4.69) is 0 Å². The van der Waals surface area contributed by atoms with Gasteiger partial charge in [-0.3, -0.25) is 9.59 Å². The number of aliphatic carboxylic acids is 1. The minimum absolute atomic E-state index is 0.0433. The lowest BCUT2D eigenvalue weighted by atomic mass is 10.2. The molecule has 0 saturated carbocycles. The van der Waals surface area contributed by atoms with Gasteiger partial charge in [0.05, 0.1) is 17.9 Å². The number of nitrogens with zero attached hydrogens (tertiary/aromatic N) is 1. The molecule has 0 radical (unpaired) electrons. The standard InChI is InChI=1S/C10H17NO5S/c1-2-9(12)11(5-3-10(13)14)8-4-6-17(15,16)7-8/h8H,2-7H2,1H3,(H,13,14)/t8-/m0/s1. The molecule has 0 bridgehead atoms. The molecule has 0 aromatic heterocycles. The van der Waals surface area contributed by atoms with Gasteiger partial charge in [0.2, 0.25) is 5.91 Å². The summed E-state index contributed by atoms with van der Waals surface area (Å²) >= 11 is 0. The average Bonchev–Trinajstić information content (AvgIpc) is 2.58.